The predicted molar refractivity (Wildman–Crippen MR) is 106 cm³/mol. The summed E-state index contributed by atoms with van der Waals surface area (Å²) in [6.07, 6.45) is 2.84. The second kappa shape index (κ2) is 8.08. The second-order valence-corrected chi connectivity index (χ2v) is 9.33. The van der Waals surface area contributed by atoms with Gasteiger partial charge in [0.15, 0.2) is 0 Å². The average molecular weight is 458 g/mol. The van der Waals surface area contributed by atoms with Crippen LogP contribution >= 0.6 is 27.5 Å². The van der Waals surface area contributed by atoms with E-state index < -0.39 is 10.0 Å². The summed E-state index contributed by atoms with van der Waals surface area (Å²) in [5.41, 5.74) is 0.842. The quantitative estimate of drug-likeness (QED) is 0.733. The predicted octanol–water partition coefficient (Wildman–Crippen LogP) is 4.53. The lowest BCUT2D eigenvalue weighted by atomic mass is 10.2. The number of halogens is 2. The Hall–Kier alpha value is -1.41. The molecule has 8 heteroatoms. The molecule has 1 heterocycles. The highest BCUT2D eigenvalue weighted by Crippen LogP contribution is 2.24. The third-order valence-corrected chi connectivity index (χ3v) is 6.97. The van der Waals surface area contributed by atoms with E-state index in [0.717, 1.165) is 23.7 Å². The number of carbonyl (C=O) groups excluding carboxylic acids is 1. The van der Waals surface area contributed by atoms with Gasteiger partial charge in [-0.05, 0) is 55.3 Å². The van der Waals surface area contributed by atoms with E-state index in [1.807, 2.05) is 0 Å². The molecule has 0 bridgehead atoms. The lowest BCUT2D eigenvalue weighted by molar-refractivity contribution is 0.102. The fourth-order valence-electron chi connectivity index (χ4n) is 2.83. The Bertz CT molecular complexity index is 911. The van der Waals surface area contributed by atoms with Crippen LogP contribution in [0.3, 0.4) is 0 Å². The lowest BCUT2D eigenvalue weighted by Crippen LogP contribution is -2.35. The van der Waals surface area contributed by atoms with Gasteiger partial charge >= 0.3 is 0 Å². The maximum absolute atomic E-state index is 12.6. The van der Waals surface area contributed by atoms with Crippen molar-refractivity contribution in [1.29, 1.82) is 0 Å². The van der Waals surface area contributed by atoms with Crippen LogP contribution in [0.2, 0.25) is 5.02 Å². The van der Waals surface area contributed by atoms with Gasteiger partial charge in [-0.3, -0.25) is 4.79 Å². The summed E-state index contributed by atoms with van der Waals surface area (Å²) in [4.78, 5) is 12.6. The van der Waals surface area contributed by atoms with Gasteiger partial charge in [0, 0.05) is 23.2 Å². The third-order valence-electron chi connectivity index (χ3n) is 4.24. The monoisotopic (exact) mass is 456 g/mol. The van der Waals surface area contributed by atoms with Gasteiger partial charge in [-0.15, -0.1) is 0 Å². The smallest absolute Gasteiger partial charge is 0.257 e. The van der Waals surface area contributed by atoms with Crippen molar-refractivity contribution in [2.24, 2.45) is 0 Å². The highest BCUT2D eigenvalue weighted by Gasteiger charge is 2.25. The summed E-state index contributed by atoms with van der Waals surface area (Å²) in [6.45, 7) is 1.12. The van der Waals surface area contributed by atoms with Gasteiger partial charge in [0.25, 0.3) is 5.91 Å². The van der Waals surface area contributed by atoms with E-state index in [2.05, 4.69) is 21.2 Å². The minimum atomic E-state index is -3.48. The molecule has 26 heavy (non-hydrogen) atoms. The van der Waals surface area contributed by atoms with Crippen molar-refractivity contribution in [3.8, 4) is 0 Å². The highest BCUT2D eigenvalue weighted by molar-refractivity contribution is 9.10. The van der Waals surface area contributed by atoms with Crippen LogP contribution in [0.1, 0.15) is 29.6 Å². The van der Waals surface area contributed by atoms with Crippen LogP contribution < -0.4 is 5.32 Å². The van der Waals surface area contributed by atoms with Crippen LogP contribution in [0.25, 0.3) is 0 Å². The highest BCUT2D eigenvalue weighted by atomic mass is 79.9. The number of anilines is 1. The van der Waals surface area contributed by atoms with Crippen molar-refractivity contribution < 1.29 is 13.2 Å². The number of carbonyl (C=O) groups is 1. The van der Waals surface area contributed by atoms with Gasteiger partial charge in [-0.1, -0.05) is 34.0 Å². The number of sulfonamides is 1. The molecular weight excluding hydrogens is 440 g/mol. The third kappa shape index (κ3) is 4.28. The zero-order valence-corrected chi connectivity index (χ0v) is 17.1. The van der Waals surface area contributed by atoms with E-state index >= 15 is 0 Å². The van der Waals surface area contributed by atoms with Crippen LogP contribution in [0.5, 0.6) is 0 Å². The molecule has 0 aromatic heterocycles. The Balaban J connectivity index is 1.75. The van der Waals surface area contributed by atoms with Gasteiger partial charge in [0.2, 0.25) is 10.0 Å². The maximum Gasteiger partial charge on any atom is 0.257 e. The number of nitrogens with one attached hydrogen (secondary N) is 1. The summed E-state index contributed by atoms with van der Waals surface area (Å²) in [5, 5.41) is 3.07. The Labute approximate surface area is 166 Å². The van der Waals surface area contributed by atoms with Crippen molar-refractivity contribution in [2.75, 3.05) is 18.4 Å². The first-order valence-corrected chi connectivity index (χ1v) is 10.9. The average Bonchev–Trinajstić information content (AvgIpc) is 2.65. The van der Waals surface area contributed by atoms with Gasteiger partial charge in [0.05, 0.1) is 15.5 Å². The van der Waals surface area contributed by atoms with Crippen molar-refractivity contribution in [1.82, 2.24) is 4.31 Å². The fourth-order valence-corrected chi connectivity index (χ4v) is 4.92. The fraction of sp³-hybridized carbons (Fsp3) is 0.278. The van der Waals surface area contributed by atoms with Crippen molar-refractivity contribution in [2.45, 2.75) is 24.2 Å². The zero-order chi connectivity index (χ0) is 18.7. The molecule has 1 aliphatic rings. The molecule has 1 fully saturated rings. The molecular formula is C18H18BrClN2O3S. The molecule has 3 rings (SSSR count). The van der Waals surface area contributed by atoms with Crippen molar-refractivity contribution >= 4 is 49.1 Å². The first kappa shape index (κ1) is 19.4. The molecule has 0 spiro atoms. The van der Waals surface area contributed by atoms with Crippen LogP contribution in [0.15, 0.2) is 51.8 Å². The number of benzene rings is 2. The topological polar surface area (TPSA) is 66.5 Å². The number of piperidine rings is 1. The molecule has 1 saturated heterocycles. The molecule has 1 N–H and O–H groups in total. The number of hydrogen-bond acceptors (Lipinski definition) is 3. The minimum absolute atomic E-state index is 0.234. The van der Waals surface area contributed by atoms with E-state index in [4.69, 9.17) is 11.6 Å². The molecule has 2 aromatic carbocycles. The summed E-state index contributed by atoms with van der Waals surface area (Å²) in [7, 11) is -3.48. The maximum atomic E-state index is 12.6. The van der Waals surface area contributed by atoms with E-state index in [1.165, 1.54) is 16.4 Å². The van der Waals surface area contributed by atoms with Crippen LogP contribution in [0.4, 0.5) is 5.69 Å². The molecule has 0 aliphatic carbocycles. The second-order valence-electron chi connectivity index (χ2n) is 6.07. The Morgan fingerprint density at radius 3 is 2.35 bits per heavy atom. The summed E-state index contributed by atoms with van der Waals surface area (Å²) in [5.74, 6) is -0.358. The first-order valence-electron chi connectivity index (χ1n) is 8.24. The summed E-state index contributed by atoms with van der Waals surface area (Å²) >= 11 is 9.37. The van der Waals surface area contributed by atoms with Crippen molar-refractivity contribution in [3.63, 3.8) is 0 Å². The van der Waals surface area contributed by atoms with E-state index in [1.54, 1.807) is 30.3 Å². The Morgan fingerprint density at radius 1 is 1.04 bits per heavy atom. The van der Waals surface area contributed by atoms with E-state index in [0.29, 0.717) is 29.4 Å². The number of rotatable bonds is 4. The Morgan fingerprint density at radius 2 is 1.69 bits per heavy atom. The van der Waals surface area contributed by atoms with E-state index in [-0.39, 0.29) is 10.8 Å². The summed E-state index contributed by atoms with van der Waals surface area (Å²) < 4.78 is 27.5. The molecule has 5 nitrogen and oxygen atoms in total. The molecule has 0 radical (unpaired) electrons. The molecule has 0 atom stereocenters. The van der Waals surface area contributed by atoms with Crippen LogP contribution in [0, 0.1) is 0 Å². The molecule has 1 amide bonds. The van der Waals surface area contributed by atoms with E-state index in [9.17, 15) is 13.2 Å². The molecule has 0 unspecified atom stereocenters. The lowest BCUT2D eigenvalue weighted by Gasteiger charge is -2.25. The number of amides is 1. The van der Waals surface area contributed by atoms with Crippen LogP contribution in [-0.2, 0) is 10.0 Å². The first-order chi connectivity index (χ1) is 12.4. The van der Waals surface area contributed by atoms with Gasteiger partial charge in [-0.25, -0.2) is 8.42 Å². The normalized spacial score (nSPS) is 15.6. The van der Waals surface area contributed by atoms with Crippen molar-refractivity contribution in [3.05, 3.63) is 57.5 Å². The standard InChI is InChI=1S/C18H18BrClN2O3S/c19-13-4-9-17(20)16(12-13)18(23)21-14-5-7-15(8-6-14)26(24,25)22-10-2-1-3-11-22/h4-9,12H,1-3,10-11H2,(H,21,23). The molecule has 2 aromatic rings. The van der Waals surface area contributed by atoms with Gasteiger partial charge < -0.3 is 5.32 Å². The van der Waals surface area contributed by atoms with Gasteiger partial charge in [0.1, 0.15) is 0 Å². The number of hydrogen-bond donors (Lipinski definition) is 1. The number of nitrogens with zero attached hydrogens (tertiary/aromatic N) is 1. The molecule has 138 valence electrons. The van der Waals surface area contributed by atoms with Gasteiger partial charge in [-0.2, -0.15) is 4.31 Å². The molecule has 0 saturated carbocycles. The minimum Gasteiger partial charge on any atom is -0.322 e. The van der Waals surface area contributed by atoms with Crippen LogP contribution in [-0.4, -0.2) is 31.7 Å². The Kier molecular flexibility index (Phi) is 6.02. The molecule has 1 aliphatic heterocycles. The zero-order valence-electron chi connectivity index (χ0n) is 13.9. The SMILES string of the molecule is O=C(Nc1ccc(S(=O)(=O)N2CCCCC2)cc1)c1cc(Br)ccc1Cl. The summed E-state index contributed by atoms with van der Waals surface area (Å²) in [6, 6.07) is 11.2. The largest absolute Gasteiger partial charge is 0.322 e.